The summed E-state index contributed by atoms with van der Waals surface area (Å²) in [6.45, 7) is 7.20. The summed E-state index contributed by atoms with van der Waals surface area (Å²) in [6, 6.07) is 4.38. The van der Waals surface area contributed by atoms with E-state index in [-0.39, 0.29) is 18.0 Å². The van der Waals surface area contributed by atoms with E-state index in [0.717, 1.165) is 6.42 Å². The van der Waals surface area contributed by atoms with Gasteiger partial charge in [-0.2, -0.15) is 0 Å². The summed E-state index contributed by atoms with van der Waals surface area (Å²) in [6.07, 6.45) is 0.953. The quantitative estimate of drug-likeness (QED) is 0.715. The molecule has 1 aromatic rings. The number of methoxy groups -OCH3 is 1. The highest BCUT2D eigenvalue weighted by molar-refractivity contribution is 7.11. The molecule has 0 fully saturated rings. The molecule has 2 atom stereocenters. The first-order valence-electron chi connectivity index (χ1n) is 6.61. The maximum atomic E-state index is 11.8. The predicted octanol–water partition coefficient (Wildman–Crippen LogP) is 1.73. The van der Waals surface area contributed by atoms with Crippen LogP contribution in [0.3, 0.4) is 0 Å². The van der Waals surface area contributed by atoms with E-state index in [1.54, 1.807) is 7.11 Å². The standard InChI is InChI=1S/C14H24N2O2S/c1-10(9-13-6-5-11(2)19-13)16-12(3)14(17)15-7-8-18-4/h5-6,10,12,16H,7-9H2,1-4H3,(H,15,17). The lowest BCUT2D eigenvalue weighted by Crippen LogP contribution is -2.46. The molecule has 19 heavy (non-hydrogen) atoms. The van der Waals surface area contributed by atoms with Crippen molar-refractivity contribution >= 4 is 17.2 Å². The summed E-state index contributed by atoms with van der Waals surface area (Å²) >= 11 is 1.81. The van der Waals surface area contributed by atoms with Crippen molar-refractivity contribution in [3.05, 3.63) is 21.9 Å². The first kappa shape index (κ1) is 16.1. The van der Waals surface area contributed by atoms with Gasteiger partial charge in [-0.25, -0.2) is 0 Å². The molecule has 0 aliphatic rings. The molecule has 1 aromatic heterocycles. The van der Waals surface area contributed by atoms with E-state index in [1.165, 1.54) is 9.75 Å². The highest BCUT2D eigenvalue weighted by Gasteiger charge is 2.15. The summed E-state index contributed by atoms with van der Waals surface area (Å²) in [4.78, 5) is 14.5. The average molecular weight is 284 g/mol. The Hall–Kier alpha value is -0.910. The summed E-state index contributed by atoms with van der Waals surface area (Å²) in [5, 5.41) is 6.15. The van der Waals surface area contributed by atoms with Crippen molar-refractivity contribution in [1.82, 2.24) is 10.6 Å². The van der Waals surface area contributed by atoms with Crippen LogP contribution in [0, 0.1) is 6.92 Å². The van der Waals surface area contributed by atoms with E-state index in [9.17, 15) is 4.79 Å². The Labute approximate surface area is 119 Å². The van der Waals surface area contributed by atoms with Gasteiger partial charge < -0.3 is 15.4 Å². The van der Waals surface area contributed by atoms with Gasteiger partial charge in [0.1, 0.15) is 0 Å². The zero-order valence-corrected chi connectivity index (χ0v) is 13.0. The number of hydrogen-bond acceptors (Lipinski definition) is 4. The van der Waals surface area contributed by atoms with Gasteiger partial charge in [-0.15, -0.1) is 11.3 Å². The Morgan fingerprint density at radius 3 is 2.74 bits per heavy atom. The second-order valence-electron chi connectivity index (χ2n) is 4.79. The second-order valence-corrected chi connectivity index (χ2v) is 6.16. The van der Waals surface area contributed by atoms with Crippen LogP contribution in [0.1, 0.15) is 23.6 Å². The van der Waals surface area contributed by atoms with Gasteiger partial charge in [0, 0.05) is 29.5 Å². The number of amides is 1. The van der Waals surface area contributed by atoms with Crippen molar-refractivity contribution in [2.75, 3.05) is 20.3 Å². The van der Waals surface area contributed by atoms with Crippen LogP contribution < -0.4 is 10.6 Å². The van der Waals surface area contributed by atoms with Crippen LogP contribution in [0.25, 0.3) is 0 Å². The minimum Gasteiger partial charge on any atom is -0.383 e. The average Bonchev–Trinajstić information content (AvgIpc) is 2.74. The predicted molar refractivity (Wildman–Crippen MR) is 79.7 cm³/mol. The van der Waals surface area contributed by atoms with Crippen LogP contribution in [0.4, 0.5) is 0 Å². The van der Waals surface area contributed by atoms with Crippen LogP contribution in [-0.2, 0) is 16.0 Å². The number of carbonyl (C=O) groups excluding carboxylic acids is 1. The fourth-order valence-corrected chi connectivity index (χ4v) is 2.91. The molecular weight excluding hydrogens is 260 g/mol. The first-order valence-corrected chi connectivity index (χ1v) is 7.42. The Bertz CT molecular complexity index is 393. The topological polar surface area (TPSA) is 50.4 Å². The van der Waals surface area contributed by atoms with Gasteiger partial charge in [0.15, 0.2) is 0 Å². The van der Waals surface area contributed by atoms with E-state index in [1.807, 2.05) is 18.3 Å². The van der Waals surface area contributed by atoms with E-state index < -0.39 is 0 Å². The van der Waals surface area contributed by atoms with Crippen LogP contribution in [0.2, 0.25) is 0 Å². The normalized spacial score (nSPS) is 14.1. The summed E-state index contributed by atoms with van der Waals surface area (Å²) in [5.41, 5.74) is 0. The van der Waals surface area contributed by atoms with Gasteiger partial charge in [-0.3, -0.25) is 4.79 Å². The molecule has 1 amide bonds. The SMILES string of the molecule is COCCNC(=O)C(C)NC(C)Cc1ccc(C)s1. The van der Waals surface area contributed by atoms with Gasteiger partial charge in [0.2, 0.25) is 5.91 Å². The molecule has 0 bridgehead atoms. The lowest BCUT2D eigenvalue weighted by molar-refractivity contribution is -0.123. The second kappa shape index (κ2) is 8.30. The highest BCUT2D eigenvalue weighted by atomic mass is 32.1. The molecule has 0 spiro atoms. The zero-order valence-electron chi connectivity index (χ0n) is 12.2. The molecule has 1 heterocycles. The molecule has 0 aliphatic carbocycles. The molecule has 1 rings (SSSR count). The van der Waals surface area contributed by atoms with Crippen molar-refractivity contribution in [2.24, 2.45) is 0 Å². The molecule has 0 saturated heterocycles. The molecule has 0 saturated carbocycles. The lowest BCUT2D eigenvalue weighted by Gasteiger charge is -2.19. The number of nitrogens with one attached hydrogen (secondary N) is 2. The maximum Gasteiger partial charge on any atom is 0.236 e. The Morgan fingerprint density at radius 2 is 2.16 bits per heavy atom. The Kier molecular flexibility index (Phi) is 7.05. The van der Waals surface area contributed by atoms with Gasteiger partial charge in [0.25, 0.3) is 0 Å². The lowest BCUT2D eigenvalue weighted by atomic mass is 10.1. The van der Waals surface area contributed by atoms with Gasteiger partial charge in [-0.1, -0.05) is 0 Å². The molecule has 2 unspecified atom stereocenters. The molecule has 5 heteroatoms. The molecule has 0 aromatic carbocycles. The van der Waals surface area contributed by atoms with Crippen LogP contribution >= 0.6 is 11.3 Å². The third kappa shape index (κ3) is 6.18. The Morgan fingerprint density at radius 1 is 1.42 bits per heavy atom. The minimum atomic E-state index is -0.187. The van der Waals surface area contributed by atoms with E-state index >= 15 is 0 Å². The molecular formula is C14H24N2O2S. The van der Waals surface area contributed by atoms with Crippen molar-refractivity contribution in [3.8, 4) is 0 Å². The molecule has 0 radical (unpaired) electrons. The van der Waals surface area contributed by atoms with Gasteiger partial charge in [0.05, 0.1) is 12.6 Å². The van der Waals surface area contributed by atoms with Crippen molar-refractivity contribution in [1.29, 1.82) is 0 Å². The molecule has 4 nitrogen and oxygen atoms in total. The van der Waals surface area contributed by atoms with Crippen molar-refractivity contribution in [2.45, 2.75) is 39.3 Å². The minimum absolute atomic E-state index is 0.0197. The van der Waals surface area contributed by atoms with E-state index in [4.69, 9.17) is 4.74 Å². The molecule has 0 aliphatic heterocycles. The zero-order chi connectivity index (χ0) is 14.3. The van der Waals surface area contributed by atoms with Crippen LogP contribution in [0.5, 0.6) is 0 Å². The summed E-state index contributed by atoms with van der Waals surface area (Å²) in [5.74, 6) is 0.0197. The number of carbonyl (C=O) groups is 1. The third-order valence-corrected chi connectivity index (χ3v) is 3.86. The van der Waals surface area contributed by atoms with E-state index in [2.05, 4.69) is 36.6 Å². The van der Waals surface area contributed by atoms with E-state index in [0.29, 0.717) is 13.2 Å². The number of rotatable bonds is 8. The number of ether oxygens (including phenoxy) is 1. The fourth-order valence-electron chi connectivity index (χ4n) is 1.89. The smallest absolute Gasteiger partial charge is 0.236 e. The number of hydrogen-bond donors (Lipinski definition) is 2. The van der Waals surface area contributed by atoms with Crippen molar-refractivity contribution in [3.63, 3.8) is 0 Å². The third-order valence-electron chi connectivity index (χ3n) is 2.84. The van der Waals surface area contributed by atoms with Gasteiger partial charge >= 0.3 is 0 Å². The van der Waals surface area contributed by atoms with Gasteiger partial charge in [-0.05, 0) is 39.3 Å². The number of thiophene rings is 1. The number of aryl methyl sites for hydroxylation is 1. The summed E-state index contributed by atoms with van der Waals surface area (Å²) in [7, 11) is 1.62. The first-order chi connectivity index (χ1) is 9.02. The van der Waals surface area contributed by atoms with Crippen molar-refractivity contribution < 1.29 is 9.53 Å². The molecule has 108 valence electrons. The Balaban J connectivity index is 2.30. The monoisotopic (exact) mass is 284 g/mol. The largest absolute Gasteiger partial charge is 0.383 e. The highest BCUT2D eigenvalue weighted by Crippen LogP contribution is 2.16. The van der Waals surface area contributed by atoms with Crippen LogP contribution in [-0.4, -0.2) is 38.3 Å². The molecule has 2 N–H and O–H groups in total. The fraction of sp³-hybridized carbons (Fsp3) is 0.643. The summed E-state index contributed by atoms with van der Waals surface area (Å²) < 4.78 is 4.90. The van der Waals surface area contributed by atoms with Crippen LogP contribution in [0.15, 0.2) is 12.1 Å². The maximum absolute atomic E-state index is 11.8.